The number of rotatable bonds is 6. The summed E-state index contributed by atoms with van der Waals surface area (Å²) in [6.07, 6.45) is 1.33. The first-order chi connectivity index (χ1) is 5.66. The van der Waals surface area contributed by atoms with Crippen LogP contribution in [0, 0.1) is 0 Å². The molecule has 0 aliphatic heterocycles. The smallest absolute Gasteiger partial charge is 0.301 e. The molecule has 12 heavy (non-hydrogen) atoms. The molecule has 0 aromatic carbocycles. The highest BCUT2D eigenvalue weighted by Crippen LogP contribution is 2.00. The first kappa shape index (κ1) is 11.1. The van der Waals surface area contributed by atoms with E-state index in [2.05, 4.69) is 5.32 Å². The van der Waals surface area contributed by atoms with Crippen LogP contribution in [0.2, 0.25) is 0 Å². The summed E-state index contributed by atoms with van der Waals surface area (Å²) < 4.78 is 11.6. The maximum Gasteiger partial charge on any atom is 0.301 e. The zero-order chi connectivity index (χ0) is 9.40. The van der Waals surface area contributed by atoms with E-state index in [9.17, 15) is 14.0 Å². The standard InChI is InChI=1S/C8H14FNO2/c1-2-10-8(12)6-4-3-5-7(9)11/h2-6H2,1H3,(H,10,12). The third-order valence-corrected chi connectivity index (χ3v) is 1.40. The molecule has 0 radical (unpaired) electrons. The van der Waals surface area contributed by atoms with Gasteiger partial charge in [-0.15, -0.1) is 0 Å². The van der Waals surface area contributed by atoms with Gasteiger partial charge in [-0.3, -0.25) is 9.59 Å². The van der Waals surface area contributed by atoms with Crippen molar-refractivity contribution in [1.29, 1.82) is 0 Å². The van der Waals surface area contributed by atoms with Crippen LogP contribution in [0.3, 0.4) is 0 Å². The van der Waals surface area contributed by atoms with Crippen molar-refractivity contribution in [2.24, 2.45) is 0 Å². The van der Waals surface area contributed by atoms with E-state index in [0.29, 0.717) is 25.8 Å². The number of hydrogen-bond acceptors (Lipinski definition) is 2. The number of unbranched alkanes of at least 4 members (excludes halogenated alkanes) is 1. The van der Waals surface area contributed by atoms with Gasteiger partial charge < -0.3 is 5.32 Å². The van der Waals surface area contributed by atoms with Crippen LogP contribution in [0.25, 0.3) is 0 Å². The van der Waals surface area contributed by atoms with Gasteiger partial charge in [0.05, 0.1) is 0 Å². The predicted molar refractivity (Wildman–Crippen MR) is 43.3 cm³/mol. The molecule has 0 spiro atoms. The van der Waals surface area contributed by atoms with Crippen LogP contribution in [-0.2, 0) is 9.59 Å². The van der Waals surface area contributed by atoms with Gasteiger partial charge >= 0.3 is 6.04 Å². The predicted octanol–water partition coefficient (Wildman–Crippen LogP) is 1.18. The zero-order valence-electron chi connectivity index (χ0n) is 7.23. The van der Waals surface area contributed by atoms with E-state index in [1.165, 1.54) is 0 Å². The lowest BCUT2D eigenvalue weighted by Crippen LogP contribution is -2.22. The lowest BCUT2D eigenvalue weighted by molar-refractivity contribution is -0.129. The fraction of sp³-hybridized carbons (Fsp3) is 0.750. The van der Waals surface area contributed by atoms with Gasteiger partial charge in [0.1, 0.15) is 0 Å². The monoisotopic (exact) mass is 175 g/mol. The second-order valence-corrected chi connectivity index (χ2v) is 2.52. The molecule has 0 atom stereocenters. The molecule has 1 amide bonds. The molecule has 0 aromatic heterocycles. The number of carbonyl (C=O) groups excluding carboxylic acids is 2. The van der Waals surface area contributed by atoms with Crippen molar-refractivity contribution >= 4 is 11.9 Å². The van der Waals surface area contributed by atoms with E-state index in [0.717, 1.165) is 0 Å². The number of carbonyl (C=O) groups is 2. The van der Waals surface area contributed by atoms with Crippen molar-refractivity contribution in [3.8, 4) is 0 Å². The average molecular weight is 175 g/mol. The number of halogens is 1. The minimum Gasteiger partial charge on any atom is -0.356 e. The Hall–Kier alpha value is -0.930. The molecule has 0 saturated carbocycles. The SMILES string of the molecule is CCNC(=O)CCCCC(=O)F. The summed E-state index contributed by atoms with van der Waals surface area (Å²) in [6.45, 7) is 2.45. The van der Waals surface area contributed by atoms with Crippen LogP contribution >= 0.6 is 0 Å². The fourth-order valence-electron chi connectivity index (χ4n) is 0.835. The number of amides is 1. The van der Waals surface area contributed by atoms with Gasteiger partial charge in [-0.25, -0.2) is 0 Å². The van der Waals surface area contributed by atoms with Crippen LogP contribution in [0.15, 0.2) is 0 Å². The molecule has 0 bridgehead atoms. The molecule has 3 nitrogen and oxygen atoms in total. The molecule has 0 aliphatic rings. The molecule has 0 aromatic rings. The second kappa shape index (κ2) is 6.76. The first-order valence-corrected chi connectivity index (χ1v) is 4.11. The number of nitrogens with one attached hydrogen (secondary N) is 1. The summed E-state index contributed by atoms with van der Waals surface area (Å²) in [5, 5.41) is 2.62. The molecule has 0 fully saturated rings. The normalized spacial score (nSPS) is 9.50. The molecule has 0 saturated heterocycles. The Kier molecular flexibility index (Phi) is 6.24. The Morgan fingerprint density at radius 1 is 1.25 bits per heavy atom. The minimum absolute atomic E-state index is 0.0381. The van der Waals surface area contributed by atoms with E-state index in [1.807, 2.05) is 6.92 Å². The van der Waals surface area contributed by atoms with Crippen LogP contribution in [0.5, 0.6) is 0 Å². The Labute approximate surface area is 71.3 Å². The summed E-state index contributed by atoms with van der Waals surface area (Å²) in [7, 11) is 0. The van der Waals surface area contributed by atoms with Crippen molar-refractivity contribution in [2.75, 3.05) is 6.54 Å². The van der Waals surface area contributed by atoms with Gasteiger partial charge in [0.15, 0.2) is 0 Å². The van der Waals surface area contributed by atoms with Crippen LogP contribution in [0.4, 0.5) is 4.39 Å². The van der Waals surface area contributed by atoms with E-state index in [4.69, 9.17) is 0 Å². The Morgan fingerprint density at radius 2 is 1.83 bits per heavy atom. The summed E-state index contributed by atoms with van der Waals surface area (Å²) >= 11 is 0. The molecule has 0 heterocycles. The molecule has 0 unspecified atom stereocenters. The Morgan fingerprint density at radius 3 is 2.33 bits per heavy atom. The molecular formula is C8H14FNO2. The highest BCUT2D eigenvalue weighted by atomic mass is 19.1. The average Bonchev–Trinajstić information content (AvgIpc) is 1.98. The second-order valence-electron chi connectivity index (χ2n) is 2.52. The van der Waals surface area contributed by atoms with Crippen molar-refractivity contribution in [1.82, 2.24) is 5.32 Å². The fourth-order valence-corrected chi connectivity index (χ4v) is 0.835. The lowest BCUT2D eigenvalue weighted by Gasteiger charge is -1.99. The maximum atomic E-state index is 11.6. The maximum absolute atomic E-state index is 11.6. The molecule has 1 N–H and O–H groups in total. The molecular weight excluding hydrogens is 161 g/mol. The quantitative estimate of drug-likeness (QED) is 0.486. The van der Waals surface area contributed by atoms with E-state index in [-0.39, 0.29) is 12.3 Å². The third kappa shape index (κ3) is 7.18. The largest absolute Gasteiger partial charge is 0.356 e. The summed E-state index contributed by atoms with van der Waals surface area (Å²) in [6, 6.07) is -1.30. The molecule has 4 heteroatoms. The molecule has 70 valence electrons. The van der Waals surface area contributed by atoms with Crippen molar-refractivity contribution in [2.45, 2.75) is 32.6 Å². The van der Waals surface area contributed by atoms with Gasteiger partial charge in [-0.2, -0.15) is 4.39 Å². The van der Waals surface area contributed by atoms with E-state index in [1.54, 1.807) is 0 Å². The zero-order valence-corrected chi connectivity index (χ0v) is 7.23. The van der Waals surface area contributed by atoms with Crippen molar-refractivity contribution in [3.05, 3.63) is 0 Å². The highest BCUT2D eigenvalue weighted by molar-refractivity contribution is 5.75. The highest BCUT2D eigenvalue weighted by Gasteiger charge is 2.01. The Bertz CT molecular complexity index is 159. The van der Waals surface area contributed by atoms with Gasteiger partial charge in [-0.1, -0.05) is 0 Å². The van der Waals surface area contributed by atoms with Gasteiger partial charge in [0, 0.05) is 19.4 Å². The van der Waals surface area contributed by atoms with Crippen molar-refractivity contribution in [3.63, 3.8) is 0 Å². The first-order valence-electron chi connectivity index (χ1n) is 4.11. The number of hydrogen-bond donors (Lipinski definition) is 1. The topological polar surface area (TPSA) is 46.2 Å². The van der Waals surface area contributed by atoms with Crippen molar-refractivity contribution < 1.29 is 14.0 Å². The minimum atomic E-state index is -1.30. The van der Waals surface area contributed by atoms with E-state index >= 15 is 0 Å². The van der Waals surface area contributed by atoms with Crippen LogP contribution in [-0.4, -0.2) is 18.5 Å². The van der Waals surface area contributed by atoms with Crippen LogP contribution in [0.1, 0.15) is 32.6 Å². The lowest BCUT2D eigenvalue weighted by atomic mass is 10.2. The molecule has 0 rings (SSSR count). The van der Waals surface area contributed by atoms with Crippen LogP contribution < -0.4 is 5.32 Å². The summed E-state index contributed by atoms with van der Waals surface area (Å²) in [5.41, 5.74) is 0. The van der Waals surface area contributed by atoms with Gasteiger partial charge in [0.2, 0.25) is 5.91 Å². The Balaban J connectivity index is 3.19. The third-order valence-electron chi connectivity index (χ3n) is 1.40. The molecule has 0 aliphatic carbocycles. The van der Waals surface area contributed by atoms with E-state index < -0.39 is 6.04 Å². The van der Waals surface area contributed by atoms with Gasteiger partial charge in [0.25, 0.3) is 0 Å². The summed E-state index contributed by atoms with van der Waals surface area (Å²) in [5.74, 6) is -0.0381. The summed E-state index contributed by atoms with van der Waals surface area (Å²) in [4.78, 5) is 20.6. The van der Waals surface area contributed by atoms with Gasteiger partial charge in [-0.05, 0) is 19.8 Å².